The van der Waals surface area contributed by atoms with E-state index in [2.05, 4.69) is 10.0 Å². The summed E-state index contributed by atoms with van der Waals surface area (Å²) in [4.78, 5) is 12.8. The van der Waals surface area contributed by atoms with Gasteiger partial charge in [0.1, 0.15) is 17.5 Å². The van der Waals surface area contributed by atoms with E-state index < -0.39 is 32.0 Å². The molecule has 0 aliphatic heterocycles. The Kier molecular flexibility index (Phi) is 8.10. The van der Waals surface area contributed by atoms with Crippen molar-refractivity contribution in [3.05, 3.63) is 72.8 Å². The smallest absolute Gasteiger partial charge is 0.262 e. The van der Waals surface area contributed by atoms with Crippen molar-refractivity contribution in [1.82, 2.24) is 0 Å². The Morgan fingerprint density at radius 1 is 0.889 bits per heavy atom. The summed E-state index contributed by atoms with van der Waals surface area (Å²) in [5.41, 5.74) is 0.847. The van der Waals surface area contributed by atoms with Gasteiger partial charge in [-0.2, -0.15) is 0 Å². The van der Waals surface area contributed by atoms with Crippen molar-refractivity contribution in [2.75, 3.05) is 34.8 Å². The van der Waals surface area contributed by atoms with E-state index in [1.807, 2.05) is 0 Å². The minimum absolute atomic E-state index is 0.0551. The Balaban J connectivity index is 1.78. The van der Waals surface area contributed by atoms with Gasteiger partial charge in [0.15, 0.2) is 0 Å². The van der Waals surface area contributed by atoms with Crippen LogP contribution in [0, 0.1) is 0 Å². The molecule has 3 rings (SSSR count). The number of carbonyl (C=O) groups excluding carboxylic acids is 1. The van der Waals surface area contributed by atoms with Crippen LogP contribution in [0.5, 0.6) is 11.5 Å². The molecule has 192 valence electrons. The lowest BCUT2D eigenvalue weighted by Crippen LogP contribution is -2.45. The normalized spacial score (nSPS) is 12.3. The highest BCUT2D eigenvalue weighted by Crippen LogP contribution is 2.31. The molecule has 0 saturated heterocycles. The number of benzene rings is 3. The molecule has 0 aliphatic carbocycles. The molecule has 12 heteroatoms. The highest BCUT2D eigenvalue weighted by molar-refractivity contribution is 7.92. The van der Waals surface area contributed by atoms with Crippen molar-refractivity contribution in [3.63, 3.8) is 0 Å². The zero-order valence-corrected chi connectivity index (χ0v) is 21.8. The molecule has 1 amide bonds. The maximum Gasteiger partial charge on any atom is 0.262 e. The molecule has 0 unspecified atom stereocenters. The number of sulfonamides is 2. The van der Waals surface area contributed by atoms with E-state index in [1.165, 1.54) is 51.5 Å². The van der Waals surface area contributed by atoms with Crippen LogP contribution in [0.15, 0.2) is 77.7 Å². The number of ether oxygens (including phenoxy) is 2. The lowest BCUT2D eigenvalue weighted by atomic mass is 10.2. The molecule has 0 heterocycles. The maximum absolute atomic E-state index is 12.9. The van der Waals surface area contributed by atoms with E-state index in [0.717, 1.165) is 10.6 Å². The average Bonchev–Trinajstić information content (AvgIpc) is 2.84. The lowest BCUT2D eigenvalue weighted by Gasteiger charge is -2.28. The van der Waals surface area contributed by atoms with Crippen LogP contribution in [0.4, 0.5) is 17.1 Å². The predicted octanol–water partition coefficient (Wildman–Crippen LogP) is 3.30. The molecule has 1 atom stereocenters. The molecular formula is C24H27N3O7S2. The summed E-state index contributed by atoms with van der Waals surface area (Å²) in [6, 6.07) is 17.4. The molecule has 2 N–H and O–H groups in total. The largest absolute Gasteiger partial charge is 0.497 e. The summed E-state index contributed by atoms with van der Waals surface area (Å²) in [5, 5.41) is 2.63. The van der Waals surface area contributed by atoms with Gasteiger partial charge in [-0.3, -0.25) is 13.8 Å². The maximum atomic E-state index is 12.9. The van der Waals surface area contributed by atoms with Gasteiger partial charge in [0.25, 0.3) is 10.0 Å². The van der Waals surface area contributed by atoms with Crippen molar-refractivity contribution in [2.24, 2.45) is 0 Å². The second-order valence-corrected chi connectivity index (χ2v) is 11.3. The van der Waals surface area contributed by atoms with E-state index in [1.54, 1.807) is 42.5 Å². The van der Waals surface area contributed by atoms with Crippen molar-refractivity contribution >= 4 is 43.0 Å². The van der Waals surface area contributed by atoms with E-state index >= 15 is 0 Å². The quantitative estimate of drug-likeness (QED) is 0.409. The van der Waals surface area contributed by atoms with Crippen molar-refractivity contribution in [3.8, 4) is 11.5 Å². The van der Waals surface area contributed by atoms with E-state index in [9.17, 15) is 21.6 Å². The van der Waals surface area contributed by atoms with E-state index in [0.29, 0.717) is 22.9 Å². The number of hydrogen-bond donors (Lipinski definition) is 2. The second-order valence-electron chi connectivity index (χ2n) is 7.76. The first kappa shape index (κ1) is 26.8. The molecule has 10 nitrogen and oxygen atoms in total. The van der Waals surface area contributed by atoms with Gasteiger partial charge in [0.05, 0.1) is 36.7 Å². The lowest BCUT2D eigenvalue weighted by molar-refractivity contribution is -0.116. The first-order valence-corrected chi connectivity index (χ1v) is 14.0. The molecule has 0 aliphatic rings. The minimum atomic E-state index is -3.99. The van der Waals surface area contributed by atoms with Gasteiger partial charge in [-0.15, -0.1) is 0 Å². The molecular weight excluding hydrogens is 506 g/mol. The van der Waals surface area contributed by atoms with Crippen LogP contribution in [0.3, 0.4) is 0 Å². The summed E-state index contributed by atoms with van der Waals surface area (Å²) in [6.45, 7) is 1.47. The van der Waals surface area contributed by atoms with Crippen LogP contribution in [-0.2, 0) is 24.8 Å². The number of carbonyl (C=O) groups is 1. The summed E-state index contributed by atoms with van der Waals surface area (Å²) < 4.78 is 64.4. The van der Waals surface area contributed by atoms with E-state index in [-0.39, 0.29) is 10.6 Å². The standard InChI is InChI=1S/C24H27N3O7S2/c1-17(27(35(4,29)30)19-8-6-5-7-9-19)24(28)25-18-10-13-21(14-11-18)36(31,32)26-22-16-20(33-2)12-15-23(22)34-3/h5-17,26H,1-4H3,(H,25,28)/t17-/m0/s1. The first-order chi connectivity index (χ1) is 17.0. The summed E-state index contributed by atoms with van der Waals surface area (Å²) >= 11 is 0. The molecule has 0 bridgehead atoms. The summed E-state index contributed by atoms with van der Waals surface area (Å²) in [5.74, 6) is 0.171. The van der Waals surface area contributed by atoms with Crippen molar-refractivity contribution < 1.29 is 31.1 Å². The van der Waals surface area contributed by atoms with Crippen LogP contribution in [-0.4, -0.2) is 49.3 Å². The SMILES string of the molecule is COc1ccc(OC)c(NS(=O)(=O)c2ccc(NC(=O)[C@H](C)N(c3ccccc3)S(C)(=O)=O)cc2)c1. The number of amides is 1. The number of nitrogens with one attached hydrogen (secondary N) is 2. The number of hydrogen-bond acceptors (Lipinski definition) is 7. The van der Waals surface area contributed by atoms with Gasteiger partial charge in [-0.25, -0.2) is 16.8 Å². The number of anilines is 3. The van der Waals surface area contributed by atoms with Crippen LogP contribution in [0.25, 0.3) is 0 Å². The van der Waals surface area contributed by atoms with Gasteiger partial charge in [0.2, 0.25) is 15.9 Å². The van der Waals surface area contributed by atoms with Crippen LogP contribution in [0.1, 0.15) is 6.92 Å². The van der Waals surface area contributed by atoms with Crippen LogP contribution >= 0.6 is 0 Å². The zero-order valence-electron chi connectivity index (χ0n) is 20.1. The van der Waals surface area contributed by atoms with Crippen molar-refractivity contribution in [1.29, 1.82) is 0 Å². The summed E-state index contributed by atoms with van der Waals surface area (Å²) in [7, 11) is -4.86. The number of para-hydroxylation sites is 1. The van der Waals surface area contributed by atoms with Gasteiger partial charge < -0.3 is 14.8 Å². The molecule has 36 heavy (non-hydrogen) atoms. The zero-order chi connectivity index (χ0) is 26.5. The Morgan fingerprint density at radius 2 is 1.53 bits per heavy atom. The highest BCUT2D eigenvalue weighted by Gasteiger charge is 2.29. The molecule has 0 fully saturated rings. The van der Waals surface area contributed by atoms with Crippen LogP contribution in [0.2, 0.25) is 0 Å². The average molecular weight is 534 g/mol. The second kappa shape index (κ2) is 10.9. The number of nitrogens with zero attached hydrogens (tertiary/aromatic N) is 1. The third-order valence-electron chi connectivity index (χ3n) is 5.18. The number of methoxy groups -OCH3 is 2. The predicted molar refractivity (Wildman–Crippen MR) is 139 cm³/mol. The first-order valence-electron chi connectivity index (χ1n) is 10.7. The molecule has 0 radical (unpaired) electrons. The molecule has 0 spiro atoms. The fourth-order valence-corrected chi connectivity index (χ4v) is 5.68. The van der Waals surface area contributed by atoms with Crippen LogP contribution < -0.4 is 23.8 Å². The molecule has 0 saturated carbocycles. The van der Waals surface area contributed by atoms with Crippen molar-refractivity contribution in [2.45, 2.75) is 17.9 Å². The van der Waals surface area contributed by atoms with Gasteiger partial charge in [-0.05, 0) is 55.5 Å². The molecule has 3 aromatic carbocycles. The van der Waals surface area contributed by atoms with E-state index in [4.69, 9.17) is 9.47 Å². The Bertz CT molecular complexity index is 1430. The highest BCUT2D eigenvalue weighted by atomic mass is 32.2. The molecule has 0 aromatic heterocycles. The fourth-order valence-electron chi connectivity index (χ4n) is 3.45. The Labute approximate surface area is 211 Å². The third-order valence-corrected chi connectivity index (χ3v) is 7.81. The Morgan fingerprint density at radius 3 is 2.08 bits per heavy atom. The van der Waals surface area contributed by atoms with Gasteiger partial charge in [-0.1, -0.05) is 18.2 Å². The van der Waals surface area contributed by atoms with Gasteiger partial charge in [0, 0.05) is 11.8 Å². The monoisotopic (exact) mass is 533 g/mol. The third kappa shape index (κ3) is 6.26. The minimum Gasteiger partial charge on any atom is -0.497 e. The fraction of sp³-hybridized carbons (Fsp3) is 0.208. The molecule has 3 aromatic rings. The Hall–Kier alpha value is -3.77. The summed E-state index contributed by atoms with van der Waals surface area (Å²) in [6.07, 6.45) is 1.02. The number of rotatable bonds is 10. The van der Waals surface area contributed by atoms with Gasteiger partial charge >= 0.3 is 0 Å². The topological polar surface area (TPSA) is 131 Å².